The smallest absolute Gasteiger partial charge is 0.133 e. The quantitative estimate of drug-likeness (QED) is 0.774. The fourth-order valence-electron chi connectivity index (χ4n) is 1.30. The van der Waals surface area contributed by atoms with E-state index in [2.05, 4.69) is 33.0 Å². The molecule has 1 heterocycles. The van der Waals surface area contributed by atoms with Crippen LogP contribution < -0.4 is 5.32 Å². The zero-order chi connectivity index (χ0) is 12.0. The van der Waals surface area contributed by atoms with Gasteiger partial charge in [-0.15, -0.1) is 0 Å². The van der Waals surface area contributed by atoms with E-state index in [4.69, 9.17) is 9.15 Å². The van der Waals surface area contributed by atoms with Crippen LogP contribution in [-0.4, -0.2) is 12.1 Å². The summed E-state index contributed by atoms with van der Waals surface area (Å²) in [4.78, 5) is 0. The maximum atomic E-state index is 5.66. The predicted molar refractivity (Wildman–Crippen MR) is 65.2 cm³/mol. The maximum Gasteiger partial charge on any atom is 0.133 e. The minimum Gasteiger partial charge on any atom is -0.467 e. The van der Waals surface area contributed by atoms with Gasteiger partial charge in [0, 0.05) is 18.2 Å². The Labute approximate surface area is 98.2 Å². The maximum absolute atomic E-state index is 5.66. The van der Waals surface area contributed by atoms with Gasteiger partial charge >= 0.3 is 0 Å². The second-order valence-electron chi connectivity index (χ2n) is 4.43. The molecule has 1 aromatic heterocycles. The Morgan fingerprint density at radius 2 is 2.12 bits per heavy atom. The van der Waals surface area contributed by atoms with Crippen LogP contribution >= 0.6 is 0 Å². The minimum absolute atomic E-state index is 0.288. The fourth-order valence-corrected chi connectivity index (χ4v) is 1.30. The molecule has 0 aliphatic heterocycles. The number of ether oxygens (including phenoxy) is 1. The van der Waals surface area contributed by atoms with Gasteiger partial charge in [0.15, 0.2) is 0 Å². The van der Waals surface area contributed by atoms with E-state index < -0.39 is 0 Å². The Kier molecular flexibility index (Phi) is 5.56. The molecule has 0 aromatic carbocycles. The number of rotatable bonds is 7. The molecule has 0 amide bonds. The normalized spacial score (nSPS) is 13.3. The molecule has 1 unspecified atom stereocenters. The lowest BCUT2D eigenvalue weighted by Crippen LogP contribution is -2.22. The molecule has 0 bridgehead atoms. The van der Waals surface area contributed by atoms with Crippen LogP contribution in [0.2, 0.25) is 0 Å². The third-order valence-electron chi connectivity index (χ3n) is 2.61. The van der Waals surface area contributed by atoms with Gasteiger partial charge in [0.05, 0.1) is 12.4 Å². The molecule has 1 N–H and O–H groups in total. The lowest BCUT2D eigenvalue weighted by Gasteiger charge is -2.11. The zero-order valence-electron chi connectivity index (χ0n) is 10.7. The molecule has 16 heavy (non-hydrogen) atoms. The highest BCUT2D eigenvalue weighted by atomic mass is 16.5. The van der Waals surface area contributed by atoms with E-state index in [1.54, 1.807) is 6.26 Å². The lowest BCUT2D eigenvalue weighted by atomic mass is 10.2. The number of furan rings is 1. The first kappa shape index (κ1) is 13.3. The molecule has 0 aliphatic carbocycles. The molecule has 0 aliphatic rings. The van der Waals surface area contributed by atoms with Crippen molar-refractivity contribution in [1.82, 2.24) is 5.32 Å². The standard InChI is InChI=1S/C13H23NO2/c1-5-11(4)16-9-13-12(6-7-15-13)8-14-10(2)3/h6-7,10-11,14H,5,8-9H2,1-4H3. The Balaban J connectivity index is 2.43. The Morgan fingerprint density at radius 1 is 1.38 bits per heavy atom. The molecule has 3 heteroatoms. The summed E-state index contributed by atoms with van der Waals surface area (Å²) < 4.78 is 11.1. The van der Waals surface area contributed by atoms with Crippen molar-refractivity contribution in [3.8, 4) is 0 Å². The van der Waals surface area contributed by atoms with Crippen molar-refractivity contribution in [2.75, 3.05) is 0 Å². The lowest BCUT2D eigenvalue weighted by molar-refractivity contribution is 0.0400. The van der Waals surface area contributed by atoms with Gasteiger partial charge in [-0.05, 0) is 19.4 Å². The minimum atomic E-state index is 0.288. The van der Waals surface area contributed by atoms with Crippen molar-refractivity contribution in [2.45, 2.75) is 59.4 Å². The van der Waals surface area contributed by atoms with E-state index in [1.807, 2.05) is 6.07 Å². The second kappa shape index (κ2) is 6.71. The second-order valence-corrected chi connectivity index (χ2v) is 4.43. The molecule has 0 fully saturated rings. The van der Waals surface area contributed by atoms with Crippen LogP contribution in [0.15, 0.2) is 16.7 Å². The summed E-state index contributed by atoms with van der Waals surface area (Å²) in [5.41, 5.74) is 1.19. The highest BCUT2D eigenvalue weighted by Gasteiger charge is 2.08. The number of hydrogen-bond donors (Lipinski definition) is 1. The highest BCUT2D eigenvalue weighted by Crippen LogP contribution is 2.13. The van der Waals surface area contributed by atoms with Crippen LogP contribution in [0.5, 0.6) is 0 Å². The van der Waals surface area contributed by atoms with Gasteiger partial charge in [-0.25, -0.2) is 0 Å². The summed E-state index contributed by atoms with van der Waals surface area (Å²) in [6.45, 7) is 9.87. The molecule has 0 saturated carbocycles. The zero-order valence-corrected chi connectivity index (χ0v) is 10.7. The molecule has 0 spiro atoms. The van der Waals surface area contributed by atoms with E-state index in [0.717, 1.165) is 18.7 Å². The van der Waals surface area contributed by atoms with Gasteiger partial charge in [-0.1, -0.05) is 20.8 Å². The van der Waals surface area contributed by atoms with Crippen molar-refractivity contribution in [3.05, 3.63) is 23.7 Å². The van der Waals surface area contributed by atoms with Crippen LogP contribution in [0.1, 0.15) is 45.4 Å². The van der Waals surface area contributed by atoms with Crippen LogP contribution in [0.3, 0.4) is 0 Å². The number of hydrogen-bond acceptors (Lipinski definition) is 3. The third-order valence-corrected chi connectivity index (χ3v) is 2.61. The predicted octanol–water partition coefficient (Wildman–Crippen LogP) is 3.09. The van der Waals surface area contributed by atoms with Crippen molar-refractivity contribution < 1.29 is 9.15 Å². The van der Waals surface area contributed by atoms with Crippen molar-refractivity contribution in [2.24, 2.45) is 0 Å². The van der Waals surface area contributed by atoms with Gasteiger partial charge in [0.2, 0.25) is 0 Å². The van der Waals surface area contributed by atoms with E-state index in [0.29, 0.717) is 12.6 Å². The Hall–Kier alpha value is -0.800. The van der Waals surface area contributed by atoms with Gasteiger partial charge < -0.3 is 14.5 Å². The Morgan fingerprint density at radius 3 is 2.75 bits per heavy atom. The van der Waals surface area contributed by atoms with Crippen LogP contribution in [0.25, 0.3) is 0 Å². The van der Waals surface area contributed by atoms with E-state index in [-0.39, 0.29) is 6.10 Å². The average Bonchev–Trinajstić information content (AvgIpc) is 2.70. The SMILES string of the molecule is CCC(C)OCc1occc1CNC(C)C. The molecule has 0 radical (unpaired) electrons. The molecular weight excluding hydrogens is 202 g/mol. The molecule has 92 valence electrons. The summed E-state index contributed by atoms with van der Waals surface area (Å²) in [5.74, 6) is 0.938. The van der Waals surface area contributed by atoms with Crippen LogP contribution in [-0.2, 0) is 17.9 Å². The first-order chi connectivity index (χ1) is 7.63. The van der Waals surface area contributed by atoms with Gasteiger partial charge in [0.1, 0.15) is 12.4 Å². The van der Waals surface area contributed by atoms with Crippen LogP contribution in [0, 0.1) is 0 Å². The molecule has 3 nitrogen and oxygen atoms in total. The molecular formula is C13H23NO2. The average molecular weight is 225 g/mol. The summed E-state index contributed by atoms with van der Waals surface area (Å²) in [7, 11) is 0. The van der Waals surface area contributed by atoms with E-state index >= 15 is 0 Å². The van der Waals surface area contributed by atoms with Crippen molar-refractivity contribution in [1.29, 1.82) is 0 Å². The largest absolute Gasteiger partial charge is 0.467 e. The first-order valence-electron chi connectivity index (χ1n) is 6.03. The fraction of sp³-hybridized carbons (Fsp3) is 0.692. The Bertz CT molecular complexity index is 294. The van der Waals surface area contributed by atoms with E-state index in [9.17, 15) is 0 Å². The highest BCUT2D eigenvalue weighted by molar-refractivity contribution is 5.16. The molecule has 1 aromatic rings. The van der Waals surface area contributed by atoms with Crippen molar-refractivity contribution in [3.63, 3.8) is 0 Å². The molecule has 0 saturated heterocycles. The topological polar surface area (TPSA) is 34.4 Å². The summed E-state index contributed by atoms with van der Waals surface area (Å²) in [5, 5.41) is 3.37. The third kappa shape index (κ3) is 4.37. The van der Waals surface area contributed by atoms with Gasteiger partial charge in [-0.3, -0.25) is 0 Å². The van der Waals surface area contributed by atoms with Gasteiger partial charge in [-0.2, -0.15) is 0 Å². The van der Waals surface area contributed by atoms with E-state index in [1.165, 1.54) is 5.56 Å². The molecule has 1 rings (SSSR count). The van der Waals surface area contributed by atoms with Crippen molar-refractivity contribution >= 4 is 0 Å². The monoisotopic (exact) mass is 225 g/mol. The van der Waals surface area contributed by atoms with Gasteiger partial charge in [0.25, 0.3) is 0 Å². The summed E-state index contributed by atoms with van der Waals surface area (Å²) in [6.07, 6.45) is 3.04. The summed E-state index contributed by atoms with van der Waals surface area (Å²) >= 11 is 0. The number of nitrogens with one attached hydrogen (secondary N) is 1. The first-order valence-corrected chi connectivity index (χ1v) is 6.03. The van der Waals surface area contributed by atoms with Crippen LogP contribution in [0.4, 0.5) is 0 Å². The molecule has 1 atom stereocenters. The summed E-state index contributed by atoms with van der Waals surface area (Å²) in [6, 6.07) is 2.49.